The molecule has 0 aromatic heterocycles. The molecule has 1 N–H and O–H groups in total. The Labute approximate surface area is 121 Å². The summed E-state index contributed by atoms with van der Waals surface area (Å²) < 4.78 is 5.80. The Morgan fingerprint density at radius 3 is 2.25 bits per heavy atom. The van der Waals surface area contributed by atoms with Crippen molar-refractivity contribution < 1.29 is 9.84 Å². The predicted octanol–water partition coefficient (Wildman–Crippen LogP) is 4.55. The molecule has 0 aliphatic heterocycles. The monoisotopic (exact) mass is 272 g/mol. The van der Waals surface area contributed by atoms with E-state index in [1.165, 1.54) is 30.0 Å². The maximum absolute atomic E-state index is 8.69. The van der Waals surface area contributed by atoms with Gasteiger partial charge in [0.05, 0.1) is 6.61 Å². The Balaban J connectivity index is 1.65. The average Bonchev–Trinajstić information content (AvgIpc) is 2.50. The van der Waals surface area contributed by atoms with Gasteiger partial charge in [-0.05, 0) is 35.7 Å². The molecule has 0 radical (unpaired) electrons. The van der Waals surface area contributed by atoms with Crippen LogP contribution in [0.15, 0.2) is 42.5 Å². The first-order valence-electron chi connectivity index (χ1n) is 7.62. The molecule has 0 aliphatic rings. The molecule has 2 rings (SSSR count). The fraction of sp³-hybridized carbons (Fsp3) is 0.444. The molecule has 2 nitrogen and oxygen atoms in total. The maximum Gasteiger partial charge on any atom is 0.119 e. The summed E-state index contributed by atoms with van der Waals surface area (Å²) in [4.78, 5) is 0. The number of unbranched alkanes of at least 4 members (excludes halogenated alkanes) is 5. The Hall–Kier alpha value is -1.54. The van der Waals surface area contributed by atoms with Gasteiger partial charge in [-0.2, -0.15) is 0 Å². The van der Waals surface area contributed by atoms with Crippen LogP contribution < -0.4 is 4.74 Å². The molecule has 20 heavy (non-hydrogen) atoms. The molecule has 0 spiro atoms. The van der Waals surface area contributed by atoms with E-state index >= 15 is 0 Å². The standard InChI is InChI=1S/C18H24O2/c19-13-7-3-1-2-4-8-14-20-18-12-11-16-9-5-6-10-17(16)15-18/h5-6,9-12,15,19H,1-4,7-8,13-14H2. The summed E-state index contributed by atoms with van der Waals surface area (Å²) in [5, 5.41) is 11.2. The van der Waals surface area contributed by atoms with Crippen LogP contribution in [-0.2, 0) is 0 Å². The number of benzene rings is 2. The highest BCUT2D eigenvalue weighted by molar-refractivity contribution is 5.83. The minimum Gasteiger partial charge on any atom is -0.494 e. The van der Waals surface area contributed by atoms with E-state index in [0.717, 1.165) is 31.6 Å². The first kappa shape index (κ1) is 14.9. The predicted molar refractivity (Wildman–Crippen MR) is 84.2 cm³/mol. The van der Waals surface area contributed by atoms with Crippen molar-refractivity contribution in [3.05, 3.63) is 42.5 Å². The van der Waals surface area contributed by atoms with Crippen LogP contribution in [0.3, 0.4) is 0 Å². The molecule has 108 valence electrons. The van der Waals surface area contributed by atoms with Gasteiger partial charge in [0.2, 0.25) is 0 Å². The molecule has 0 saturated carbocycles. The van der Waals surface area contributed by atoms with Crippen molar-refractivity contribution in [2.75, 3.05) is 13.2 Å². The molecule has 2 heteroatoms. The van der Waals surface area contributed by atoms with Crippen LogP contribution in [0.1, 0.15) is 38.5 Å². The molecular formula is C18H24O2. The third kappa shape index (κ3) is 4.86. The number of hydrogen-bond acceptors (Lipinski definition) is 2. The lowest BCUT2D eigenvalue weighted by atomic mass is 10.1. The van der Waals surface area contributed by atoms with Gasteiger partial charge in [0.15, 0.2) is 0 Å². The zero-order valence-electron chi connectivity index (χ0n) is 12.1. The van der Waals surface area contributed by atoms with Gasteiger partial charge in [0, 0.05) is 6.61 Å². The first-order valence-corrected chi connectivity index (χ1v) is 7.62. The summed E-state index contributed by atoms with van der Waals surface area (Å²) in [5.41, 5.74) is 0. The highest BCUT2D eigenvalue weighted by Crippen LogP contribution is 2.20. The second-order valence-corrected chi connectivity index (χ2v) is 5.20. The molecule has 0 bridgehead atoms. The summed E-state index contributed by atoms with van der Waals surface area (Å²) in [6, 6.07) is 14.6. The number of ether oxygens (including phenoxy) is 1. The molecule has 0 saturated heterocycles. The van der Waals surface area contributed by atoms with Gasteiger partial charge in [-0.15, -0.1) is 0 Å². The highest BCUT2D eigenvalue weighted by Gasteiger charge is 1.97. The van der Waals surface area contributed by atoms with E-state index in [2.05, 4.69) is 36.4 Å². The van der Waals surface area contributed by atoms with Crippen molar-refractivity contribution >= 4 is 10.8 Å². The highest BCUT2D eigenvalue weighted by atomic mass is 16.5. The van der Waals surface area contributed by atoms with Gasteiger partial charge in [-0.3, -0.25) is 0 Å². The SMILES string of the molecule is OCCCCCCCCOc1ccc2ccccc2c1. The van der Waals surface area contributed by atoms with Crippen molar-refractivity contribution in [3.63, 3.8) is 0 Å². The van der Waals surface area contributed by atoms with E-state index in [4.69, 9.17) is 9.84 Å². The number of rotatable bonds is 9. The normalized spacial score (nSPS) is 10.8. The lowest BCUT2D eigenvalue weighted by Gasteiger charge is -2.07. The summed E-state index contributed by atoms with van der Waals surface area (Å²) in [6.45, 7) is 1.11. The Bertz CT molecular complexity index is 507. The summed E-state index contributed by atoms with van der Waals surface area (Å²) in [6.07, 6.45) is 6.85. The van der Waals surface area contributed by atoms with E-state index in [1.54, 1.807) is 0 Å². The van der Waals surface area contributed by atoms with Crippen molar-refractivity contribution in [1.82, 2.24) is 0 Å². The van der Waals surface area contributed by atoms with Crippen molar-refractivity contribution in [1.29, 1.82) is 0 Å². The van der Waals surface area contributed by atoms with E-state index in [0.29, 0.717) is 6.61 Å². The van der Waals surface area contributed by atoms with Crippen molar-refractivity contribution in [3.8, 4) is 5.75 Å². The largest absolute Gasteiger partial charge is 0.494 e. The third-order valence-electron chi connectivity index (χ3n) is 3.54. The molecule has 0 unspecified atom stereocenters. The van der Waals surface area contributed by atoms with E-state index < -0.39 is 0 Å². The number of aliphatic hydroxyl groups excluding tert-OH is 1. The van der Waals surface area contributed by atoms with Crippen LogP contribution in [0.5, 0.6) is 5.75 Å². The van der Waals surface area contributed by atoms with Gasteiger partial charge >= 0.3 is 0 Å². The van der Waals surface area contributed by atoms with Crippen LogP contribution in [0, 0.1) is 0 Å². The van der Waals surface area contributed by atoms with E-state index in [1.807, 2.05) is 6.07 Å². The lowest BCUT2D eigenvalue weighted by Crippen LogP contribution is -1.97. The minimum absolute atomic E-state index is 0.324. The molecule has 2 aromatic carbocycles. The smallest absolute Gasteiger partial charge is 0.119 e. The third-order valence-corrected chi connectivity index (χ3v) is 3.54. The topological polar surface area (TPSA) is 29.5 Å². The van der Waals surface area contributed by atoms with Crippen LogP contribution in [0.25, 0.3) is 10.8 Å². The zero-order chi connectivity index (χ0) is 14.0. The summed E-state index contributed by atoms with van der Waals surface area (Å²) in [7, 11) is 0. The fourth-order valence-corrected chi connectivity index (χ4v) is 2.37. The van der Waals surface area contributed by atoms with Gasteiger partial charge in [-0.25, -0.2) is 0 Å². The molecule has 2 aromatic rings. The van der Waals surface area contributed by atoms with Crippen LogP contribution >= 0.6 is 0 Å². The second kappa shape index (κ2) is 8.60. The fourth-order valence-electron chi connectivity index (χ4n) is 2.37. The molecule has 0 heterocycles. The van der Waals surface area contributed by atoms with Crippen LogP contribution in [0.4, 0.5) is 0 Å². The molecule has 0 amide bonds. The molecule has 0 fully saturated rings. The quantitative estimate of drug-likeness (QED) is 0.678. The van der Waals surface area contributed by atoms with Crippen molar-refractivity contribution in [2.45, 2.75) is 38.5 Å². The Kier molecular flexibility index (Phi) is 6.39. The van der Waals surface area contributed by atoms with Crippen LogP contribution in [0.2, 0.25) is 0 Å². The van der Waals surface area contributed by atoms with Crippen LogP contribution in [-0.4, -0.2) is 18.3 Å². The number of fused-ring (bicyclic) bond motifs is 1. The second-order valence-electron chi connectivity index (χ2n) is 5.20. The van der Waals surface area contributed by atoms with Gasteiger partial charge in [0.25, 0.3) is 0 Å². The minimum atomic E-state index is 0.324. The number of aliphatic hydroxyl groups is 1. The first-order chi connectivity index (χ1) is 9.90. The molecule has 0 aliphatic carbocycles. The van der Waals surface area contributed by atoms with E-state index in [9.17, 15) is 0 Å². The average molecular weight is 272 g/mol. The van der Waals surface area contributed by atoms with Crippen molar-refractivity contribution in [2.24, 2.45) is 0 Å². The number of hydrogen-bond donors (Lipinski definition) is 1. The lowest BCUT2D eigenvalue weighted by molar-refractivity contribution is 0.280. The van der Waals surface area contributed by atoms with Gasteiger partial charge < -0.3 is 9.84 Å². The molecule has 0 atom stereocenters. The van der Waals surface area contributed by atoms with Gasteiger partial charge in [0.1, 0.15) is 5.75 Å². The molecular weight excluding hydrogens is 248 g/mol. The summed E-state index contributed by atoms with van der Waals surface area (Å²) in [5.74, 6) is 0.962. The maximum atomic E-state index is 8.69. The van der Waals surface area contributed by atoms with E-state index in [-0.39, 0.29) is 0 Å². The van der Waals surface area contributed by atoms with Gasteiger partial charge in [-0.1, -0.05) is 56.0 Å². The Morgan fingerprint density at radius 1 is 0.750 bits per heavy atom. The summed E-state index contributed by atoms with van der Waals surface area (Å²) >= 11 is 0. The Morgan fingerprint density at radius 2 is 1.45 bits per heavy atom. The zero-order valence-corrected chi connectivity index (χ0v) is 12.1.